The van der Waals surface area contributed by atoms with Crippen LogP contribution in [0, 0.1) is 6.92 Å². The highest BCUT2D eigenvalue weighted by atomic mass is 16.2. The van der Waals surface area contributed by atoms with Gasteiger partial charge in [-0.15, -0.1) is 0 Å². The maximum atomic E-state index is 12.2. The molecule has 1 aliphatic heterocycles. The van der Waals surface area contributed by atoms with Gasteiger partial charge in [-0.2, -0.15) is 5.10 Å². The van der Waals surface area contributed by atoms with Crippen LogP contribution in [0.5, 0.6) is 0 Å². The van der Waals surface area contributed by atoms with Crippen LogP contribution in [-0.4, -0.2) is 58.7 Å². The minimum Gasteiger partial charge on any atom is -0.352 e. The average molecular weight is 307 g/mol. The predicted octanol–water partition coefficient (Wildman–Crippen LogP) is -0.0918. The third-order valence-electron chi connectivity index (χ3n) is 3.74. The number of nitrogens with one attached hydrogen (secondary N) is 2. The molecule has 7 heteroatoms. The number of nitrogens with zero attached hydrogens (tertiary/aromatic N) is 3. The van der Waals surface area contributed by atoms with E-state index in [1.165, 1.54) is 6.92 Å². The van der Waals surface area contributed by atoms with Crippen LogP contribution in [0.15, 0.2) is 12.4 Å². The van der Waals surface area contributed by atoms with Gasteiger partial charge in [0, 0.05) is 38.8 Å². The van der Waals surface area contributed by atoms with Crippen LogP contribution in [0.2, 0.25) is 0 Å². The van der Waals surface area contributed by atoms with Crippen molar-refractivity contribution in [2.75, 3.05) is 26.2 Å². The van der Waals surface area contributed by atoms with Crippen LogP contribution in [-0.2, 0) is 16.1 Å². The summed E-state index contributed by atoms with van der Waals surface area (Å²) in [5.41, 5.74) is 1.13. The molecular formula is C15H25N5O2. The molecule has 2 N–H and O–H groups in total. The fourth-order valence-electron chi connectivity index (χ4n) is 2.70. The van der Waals surface area contributed by atoms with Crippen LogP contribution >= 0.6 is 0 Å². The quantitative estimate of drug-likeness (QED) is 0.720. The molecule has 2 heterocycles. The lowest BCUT2D eigenvalue weighted by molar-refractivity contribution is -0.132. The normalized spacial score (nSPS) is 18.3. The Balaban J connectivity index is 1.67. The van der Waals surface area contributed by atoms with E-state index in [9.17, 15) is 9.59 Å². The van der Waals surface area contributed by atoms with Crippen molar-refractivity contribution in [1.29, 1.82) is 0 Å². The number of aromatic nitrogens is 2. The van der Waals surface area contributed by atoms with Gasteiger partial charge in [-0.3, -0.25) is 14.3 Å². The van der Waals surface area contributed by atoms with Gasteiger partial charge in [0.25, 0.3) is 0 Å². The number of carbonyl (C=O) groups is 2. The summed E-state index contributed by atoms with van der Waals surface area (Å²) < 4.78 is 1.86. The summed E-state index contributed by atoms with van der Waals surface area (Å²) >= 11 is 0. The lowest BCUT2D eigenvalue weighted by Crippen LogP contribution is -2.51. The van der Waals surface area contributed by atoms with Crippen LogP contribution in [0.25, 0.3) is 0 Å². The molecule has 1 saturated heterocycles. The van der Waals surface area contributed by atoms with Crippen molar-refractivity contribution in [1.82, 2.24) is 25.3 Å². The van der Waals surface area contributed by atoms with Crippen LogP contribution in [0.3, 0.4) is 0 Å². The van der Waals surface area contributed by atoms with Gasteiger partial charge in [0.1, 0.15) is 0 Å². The largest absolute Gasteiger partial charge is 0.352 e. The molecule has 1 aromatic heterocycles. The number of rotatable bonds is 6. The third kappa shape index (κ3) is 5.14. The molecular weight excluding hydrogens is 282 g/mol. The molecule has 1 unspecified atom stereocenters. The lowest BCUT2D eigenvalue weighted by atomic mass is 10.1. The second-order valence-electron chi connectivity index (χ2n) is 5.84. The minimum absolute atomic E-state index is 0.0352. The molecule has 0 saturated carbocycles. The standard InChI is InChI=1S/C15H25N5O2/c1-12-8-17-20(10-12)7-5-16-9-15(22)19-6-3-4-14(11-19)18-13(2)21/h8,10,14,16H,3-7,9,11H2,1-2H3,(H,18,21). The van der Waals surface area contributed by atoms with Gasteiger partial charge < -0.3 is 15.5 Å². The Kier molecular flexibility index (Phi) is 5.94. The fraction of sp³-hybridized carbons (Fsp3) is 0.667. The Labute approximate surface area is 131 Å². The zero-order valence-electron chi connectivity index (χ0n) is 13.3. The Bertz CT molecular complexity index is 514. The second kappa shape index (κ2) is 7.93. The molecule has 2 amide bonds. The number of aryl methyl sites for hydroxylation is 1. The number of likely N-dealkylation sites (tertiary alicyclic amines) is 1. The van der Waals surface area contributed by atoms with E-state index in [1.807, 2.05) is 28.9 Å². The van der Waals surface area contributed by atoms with Crippen molar-refractivity contribution >= 4 is 11.8 Å². The highest BCUT2D eigenvalue weighted by Crippen LogP contribution is 2.10. The van der Waals surface area contributed by atoms with E-state index in [2.05, 4.69) is 15.7 Å². The average Bonchev–Trinajstić information content (AvgIpc) is 2.88. The predicted molar refractivity (Wildman–Crippen MR) is 83.3 cm³/mol. The van der Waals surface area contributed by atoms with Crippen LogP contribution in [0.4, 0.5) is 0 Å². The number of carbonyl (C=O) groups excluding carboxylic acids is 2. The fourth-order valence-corrected chi connectivity index (χ4v) is 2.70. The Morgan fingerprint density at radius 3 is 2.95 bits per heavy atom. The third-order valence-corrected chi connectivity index (χ3v) is 3.74. The molecule has 7 nitrogen and oxygen atoms in total. The van der Waals surface area contributed by atoms with E-state index >= 15 is 0 Å². The van der Waals surface area contributed by atoms with Gasteiger partial charge in [0.15, 0.2) is 0 Å². The number of hydrogen-bond donors (Lipinski definition) is 2. The zero-order valence-corrected chi connectivity index (χ0v) is 13.3. The second-order valence-corrected chi connectivity index (χ2v) is 5.84. The molecule has 22 heavy (non-hydrogen) atoms. The monoisotopic (exact) mass is 307 g/mol. The number of hydrogen-bond acceptors (Lipinski definition) is 4. The van der Waals surface area contributed by atoms with Crippen molar-refractivity contribution in [3.8, 4) is 0 Å². The highest BCUT2D eigenvalue weighted by Gasteiger charge is 2.23. The van der Waals surface area contributed by atoms with Crippen LogP contribution < -0.4 is 10.6 Å². The van der Waals surface area contributed by atoms with Gasteiger partial charge in [-0.25, -0.2) is 0 Å². The first-order valence-electron chi connectivity index (χ1n) is 7.79. The summed E-state index contributed by atoms with van der Waals surface area (Å²) in [4.78, 5) is 25.1. The molecule has 2 rings (SSSR count). The van der Waals surface area contributed by atoms with Crippen molar-refractivity contribution in [3.63, 3.8) is 0 Å². The van der Waals surface area contributed by atoms with E-state index in [-0.39, 0.29) is 17.9 Å². The van der Waals surface area contributed by atoms with E-state index in [4.69, 9.17) is 0 Å². The summed E-state index contributed by atoms with van der Waals surface area (Å²) in [5, 5.41) is 10.3. The summed E-state index contributed by atoms with van der Waals surface area (Å²) in [5.74, 6) is 0.0543. The first-order valence-corrected chi connectivity index (χ1v) is 7.79. The summed E-state index contributed by atoms with van der Waals surface area (Å²) in [6.07, 6.45) is 5.67. The van der Waals surface area contributed by atoms with Crippen molar-refractivity contribution < 1.29 is 9.59 Å². The molecule has 1 atom stereocenters. The molecule has 0 aliphatic carbocycles. The molecule has 1 fully saturated rings. The topological polar surface area (TPSA) is 79.3 Å². The Morgan fingerprint density at radius 1 is 1.45 bits per heavy atom. The lowest BCUT2D eigenvalue weighted by Gasteiger charge is -2.33. The number of amides is 2. The minimum atomic E-state index is -0.0352. The van der Waals surface area contributed by atoms with Crippen molar-refractivity contribution in [2.45, 2.75) is 39.3 Å². The van der Waals surface area contributed by atoms with Gasteiger partial charge >= 0.3 is 0 Å². The molecule has 0 spiro atoms. The highest BCUT2D eigenvalue weighted by molar-refractivity contribution is 5.78. The molecule has 1 aliphatic rings. The van der Waals surface area contributed by atoms with Crippen molar-refractivity contribution in [3.05, 3.63) is 18.0 Å². The smallest absolute Gasteiger partial charge is 0.236 e. The Hall–Kier alpha value is -1.89. The maximum absolute atomic E-state index is 12.2. The van der Waals surface area contributed by atoms with E-state index < -0.39 is 0 Å². The van der Waals surface area contributed by atoms with Crippen molar-refractivity contribution in [2.24, 2.45) is 0 Å². The summed E-state index contributed by atoms with van der Waals surface area (Å²) in [7, 11) is 0. The zero-order chi connectivity index (χ0) is 15.9. The molecule has 0 radical (unpaired) electrons. The van der Waals surface area contributed by atoms with E-state index in [0.29, 0.717) is 19.6 Å². The molecule has 0 aromatic carbocycles. The van der Waals surface area contributed by atoms with E-state index in [0.717, 1.165) is 31.5 Å². The van der Waals surface area contributed by atoms with Gasteiger partial charge in [-0.05, 0) is 25.3 Å². The first-order chi connectivity index (χ1) is 10.5. The summed E-state index contributed by atoms with van der Waals surface area (Å²) in [6.45, 7) is 6.67. The number of piperidine rings is 1. The Morgan fingerprint density at radius 2 is 2.27 bits per heavy atom. The molecule has 122 valence electrons. The SMILES string of the molecule is CC(=O)NC1CCCN(C(=O)CNCCn2cc(C)cn2)C1. The van der Waals surface area contributed by atoms with Gasteiger partial charge in [-0.1, -0.05) is 0 Å². The molecule has 1 aromatic rings. The maximum Gasteiger partial charge on any atom is 0.236 e. The van der Waals surface area contributed by atoms with Crippen LogP contribution in [0.1, 0.15) is 25.3 Å². The summed E-state index contributed by atoms with van der Waals surface area (Å²) in [6, 6.07) is 0.0854. The van der Waals surface area contributed by atoms with Gasteiger partial charge in [0.05, 0.1) is 19.3 Å². The van der Waals surface area contributed by atoms with Gasteiger partial charge in [0.2, 0.25) is 11.8 Å². The molecule has 0 bridgehead atoms. The van der Waals surface area contributed by atoms with E-state index in [1.54, 1.807) is 0 Å². The first kappa shape index (κ1) is 16.5.